The van der Waals surface area contributed by atoms with Gasteiger partial charge < -0.3 is 16.0 Å². The quantitative estimate of drug-likeness (QED) is 0.694. The molecular formula is C14H15FN4O3. The van der Waals surface area contributed by atoms with Crippen LogP contribution in [0.15, 0.2) is 18.2 Å². The summed E-state index contributed by atoms with van der Waals surface area (Å²) in [4.78, 5) is 34.8. The van der Waals surface area contributed by atoms with Gasteiger partial charge in [-0.25, -0.2) is 4.39 Å². The summed E-state index contributed by atoms with van der Waals surface area (Å²) in [5.41, 5.74) is -0.155. The van der Waals surface area contributed by atoms with Crippen molar-refractivity contribution in [3.05, 3.63) is 29.6 Å². The molecule has 1 aromatic carbocycles. The lowest BCUT2D eigenvalue weighted by atomic mass is 10.2. The first kappa shape index (κ1) is 17.1. The lowest BCUT2D eigenvalue weighted by Crippen LogP contribution is -2.48. The van der Waals surface area contributed by atoms with E-state index in [1.54, 1.807) is 13.0 Å². The Bertz CT molecular complexity index is 639. The van der Waals surface area contributed by atoms with Crippen molar-refractivity contribution >= 4 is 23.4 Å². The Morgan fingerprint density at radius 1 is 1.32 bits per heavy atom. The lowest BCUT2D eigenvalue weighted by Gasteiger charge is -2.13. The highest BCUT2D eigenvalue weighted by molar-refractivity contribution is 6.40. The Morgan fingerprint density at radius 2 is 2.00 bits per heavy atom. The Morgan fingerprint density at radius 3 is 2.59 bits per heavy atom. The molecule has 0 radical (unpaired) electrons. The maximum Gasteiger partial charge on any atom is 0.313 e. The smallest absolute Gasteiger partial charge is 0.313 e. The van der Waals surface area contributed by atoms with Gasteiger partial charge in [0.25, 0.3) is 0 Å². The van der Waals surface area contributed by atoms with E-state index >= 15 is 0 Å². The number of hydrogen-bond donors (Lipinski definition) is 3. The van der Waals surface area contributed by atoms with Crippen LogP contribution < -0.4 is 16.0 Å². The van der Waals surface area contributed by atoms with Crippen molar-refractivity contribution in [2.75, 3.05) is 11.9 Å². The summed E-state index contributed by atoms with van der Waals surface area (Å²) in [7, 11) is 0. The van der Waals surface area contributed by atoms with E-state index in [0.717, 1.165) is 12.1 Å². The lowest BCUT2D eigenvalue weighted by molar-refractivity contribution is -0.137. The Labute approximate surface area is 126 Å². The van der Waals surface area contributed by atoms with Gasteiger partial charge in [-0.05, 0) is 32.0 Å². The summed E-state index contributed by atoms with van der Waals surface area (Å²) >= 11 is 0. The topological polar surface area (TPSA) is 111 Å². The first-order valence-electron chi connectivity index (χ1n) is 6.48. The molecule has 0 aliphatic heterocycles. The molecule has 0 aliphatic rings. The van der Waals surface area contributed by atoms with Crippen molar-refractivity contribution in [2.45, 2.75) is 19.9 Å². The van der Waals surface area contributed by atoms with Crippen LogP contribution in [0.2, 0.25) is 0 Å². The molecule has 3 amide bonds. The van der Waals surface area contributed by atoms with E-state index in [4.69, 9.17) is 5.26 Å². The third-order valence-electron chi connectivity index (χ3n) is 2.64. The number of hydrogen-bond acceptors (Lipinski definition) is 4. The number of carbonyl (C=O) groups is 3. The molecule has 1 rings (SSSR count). The standard InChI is InChI=1S/C14H15FN4O3/c1-3-17-12(20)8(2)18-13(21)14(22)19-10-4-5-11(15)9(6-10)7-16/h4-6,8H,3H2,1-2H3,(H,17,20)(H,18,21)(H,19,22). The zero-order valence-corrected chi connectivity index (χ0v) is 12.1. The van der Waals surface area contributed by atoms with Crippen molar-refractivity contribution in [2.24, 2.45) is 0 Å². The fourth-order valence-electron chi connectivity index (χ4n) is 1.53. The number of rotatable bonds is 4. The third kappa shape index (κ3) is 4.56. The largest absolute Gasteiger partial charge is 0.355 e. The fourth-order valence-corrected chi connectivity index (χ4v) is 1.53. The van der Waals surface area contributed by atoms with E-state index in [-0.39, 0.29) is 11.3 Å². The zero-order valence-electron chi connectivity index (χ0n) is 12.1. The average Bonchev–Trinajstić information content (AvgIpc) is 2.49. The predicted octanol–water partition coefficient (Wildman–Crippen LogP) is 0.277. The summed E-state index contributed by atoms with van der Waals surface area (Å²) in [6, 6.07) is 4.07. The van der Waals surface area contributed by atoms with Crippen LogP contribution in [0.25, 0.3) is 0 Å². The summed E-state index contributed by atoms with van der Waals surface area (Å²) in [6.07, 6.45) is 0. The van der Waals surface area contributed by atoms with Gasteiger partial charge in [0.2, 0.25) is 5.91 Å². The van der Waals surface area contributed by atoms with Crippen LogP contribution in [0.4, 0.5) is 10.1 Å². The molecule has 0 aromatic heterocycles. The van der Waals surface area contributed by atoms with Gasteiger partial charge in [0.15, 0.2) is 0 Å². The number of amides is 3. The first-order chi connectivity index (χ1) is 10.4. The van der Waals surface area contributed by atoms with E-state index in [2.05, 4.69) is 16.0 Å². The molecule has 8 heteroatoms. The summed E-state index contributed by atoms with van der Waals surface area (Å²) in [6.45, 7) is 3.56. The Balaban J connectivity index is 2.67. The van der Waals surface area contributed by atoms with Crippen molar-refractivity contribution in [3.8, 4) is 6.07 Å². The number of nitriles is 1. The normalized spacial score (nSPS) is 11.0. The number of carbonyl (C=O) groups excluding carboxylic acids is 3. The van der Waals surface area contributed by atoms with Gasteiger partial charge >= 0.3 is 11.8 Å². The van der Waals surface area contributed by atoms with Gasteiger partial charge in [0, 0.05) is 12.2 Å². The van der Waals surface area contributed by atoms with Gasteiger partial charge in [-0.3, -0.25) is 14.4 Å². The molecule has 0 saturated heterocycles. The molecule has 0 heterocycles. The van der Waals surface area contributed by atoms with Gasteiger partial charge in [0.05, 0.1) is 5.56 Å². The SMILES string of the molecule is CCNC(=O)C(C)NC(=O)C(=O)Nc1ccc(F)c(C#N)c1. The first-order valence-corrected chi connectivity index (χ1v) is 6.48. The van der Waals surface area contributed by atoms with Crippen molar-refractivity contribution in [1.29, 1.82) is 5.26 Å². The number of nitrogens with one attached hydrogen (secondary N) is 3. The summed E-state index contributed by atoms with van der Waals surface area (Å²) in [5, 5.41) is 15.6. The molecular weight excluding hydrogens is 291 g/mol. The Kier molecular flexibility index (Phi) is 6.01. The van der Waals surface area contributed by atoms with Gasteiger partial charge in [-0.2, -0.15) is 5.26 Å². The van der Waals surface area contributed by atoms with Crippen LogP contribution in [0, 0.1) is 17.1 Å². The number of nitrogens with zero attached hydrogens (tertiary/aromatic N) is 1. The molecule has 0 aliphatic carbocycles. The second-order valence-electron chi connectivity index (χ2n) is 4.35. The third-order valence-corrected chi connectivity index (χ3v) is 2.64. The minimum absolute atomic E-state index is 0.101. The molecule has 1 unspecified atom stereocenters. The monoisotopic (exact) mass is 306 g/mol. The highest BCUT2D eigenvalue weighted by Gasteiger charge is 2.20. The molecule has 22 heavy (non-hydrogen) atoms. The van der Waals surface area contributed by atoms with E-state index in [1.807, 2.05) is 0 Å². The molecule has 3 N–H and O–H groups in total. The predicted molar refractivity (Wildman–Crippen MR) is 76.0 cm³/mol. The maximum absolute atomic E-state index is 13.1. The highest BCUT2D eigenvalue weighted by atomic mass is 19.1. The van der Waals surface area contributed by atoms with Crippen LogP contribution >= 0.6 is 0 Å². The minimum atomic E-state index is -1.02. The summed E-state index contributed by atoms with van der Waals surface area (Å²) in [5.74, 6) is -3.18. The van der Waals surface area contributed by atoms with Crippen LogP contribution in [0.1, 0.15) is 19.4 Å². The molecule has 0 fully saturated rings. The van der Waals surface area contributed by atoms with Crippen LogP contribution in [-0.2, 0) is 14.4 Å². The zero-order chi connectivity index (χ0) is 16.7. The molecule has 116 valence electrons. The number of likely N-dealkylation sites (N-methyl/N-ethyl adjacent to an activating group) is 1. The number of halogens is 1. The number of benzene rings is 1. The molecule has 1 atom stereocenters. The van der Waals surface area contributed by atoms with E-state index in [0.29, 0.717) is 6.54 Å². The van der Waals surface area contributed by atoms with Gasteiger partial charge in [0.1, 0.15) is 17.9 Å². The van der Waals surface area contributed by atoms with Gasteiger partial charge in [-0.15, -0.1) is 0 Å². The van der Waals surface area contributed by atoms with Crippen molar-refractivity contribution < 1.29 is 18.8 Å². The molecule has 1 aromatic rings. The maximum atomic E-state index is 13.1. The fraction of sp³-hybridized carbons (Fsp3) is 0.286. The van der Waals surface area contributed by atoms with Crippen molar-refractivity contribution in [1.82, 2.24) is 10.6 Å². The van der Waals surface area contributed by atoms with Gasteiger partial charge in [-0.1, -0.05) is 0 Å². The number of anilines is 1. The molecule has 0 saturated carbocycles. The average molecular weight is 306 g/mol. The summed E-state index contributed by atoms with van der Waals surface area (Å²) < 4.78 is 13.1. The van der Waals surface area contributed by atoms with Crippen molar-refractivity contribution in [3.63, 3.8) is 0 Å². The highest BCUT2D eigenvalue weighted by Crippen LogP contribution is 2.13. The molecule has 7 nitrogen and oxygen atoms in total. The molecule has 0 spiro atoms. The van der Waals surface area contributed by atoms with E-state index < -0.39 is 29.6 Å². The molecule has 0 bridgehead atoms. The van der Waals surface area contributed by atoms with E-state index in [1.165, 1.54) is 13.0 Å². The second-order valence-corrected chi connectivity index (χ2v) is 4.35. The van der Waals surface area contributed by atoms with Crippen LogP contribution in [0.3, 0.4) is 0 Å². The van der Waals surface area contributed by atoms with Crippen LogP contribution in [0.5, 0.6) is 0 Å². The van der Waals surface area contributed by atoms with E-state index in [9.17, 15) is 18.8 Å². The Hall–Kier alpha value is -2.95. The van der Waals surface area contributed by atoms with Crippen LogP contribution in [-0.4, -0.2) is 30.3 Å². The minimum Gasteiger partial charge on any atom is -0.355 e. The second kappa shape index (κ2) is 7.73.